The Morgan fingerprint density at radius 1 is 1.22 bits per heavy atom. The Morgan fingerprint density at radius 2 is 1.89 bits per heavy atom. The molecule has 0 aliphatic carbocycles. The normalized spacial score (nSPS) is 14.6. The third-order valence-corrected chi connectivity index (χ3v) is 7.08. The van der Waals surface area contributed by atoms with Crippen molar-refractivity contribution in [2.45, 2.75) is 46.6 Å². The highest BCUT2D eigenvalue weighted by Crippen LogP contribution is 2.36. The Hall–Kier alpha value is -1.91. The summed E-state index contributed by atoms with van der Waals surface area (Å²) in [6.45, 7) is 13.6. The molecule has 1 aromatic carbocycles. The highest BCUT2D eigenvalue weighted by molar-refractivity contribution is 9.10. The maximum Gasteiger partial charge on any atom is 0.410 e. The summed E-state index contributed by atoms with van der Waals surface area (Å²) < 4.78 is 26.7. The Bertz CT molecular complexity index is 1070. The predicted molar refractivity (Wildman–Crippen MR) is 146 cm³/mol. The van der Waals surface area contributed by atoms with Gasteiger partial charge >= 0.3 is 6.09 Å². The number of likely N-dealkylation sites (N-methyl/N-ethyl adjacent to an activating group) is 1. The fourth-order valence-corrected chi connectivity index (χ4v) is 4.20. The number of aromatic nitrogens is 2. The van der Waals surface area contributed by atoms with Crippen LogP contribution in [-0.2, 0) is 9.47 Å². The minimum absolute atomic E-state index is 0.168. The molecule has 0 spiro atoms. The van der Waals surface area contributed by atoms with Crippen molar-refractivity contribution in [3.63, 3.8) is 0 Å². The number of carbonyl (C=O) groups is 1. The van der Waals surface area contributed by atoms with Crippen LogP contribution in [0.1, 0.15) is 41.0 Å². The van der Waals surface area contributed by atoms with Gasteiger partial charge in [0, 0.05) is 51.8 Å². The molecule has 0 saturated carbocycles. The van der Waals surface area contributed by atoms with Crippen molar-refractivity contribution in [3.05, 3.63) is 21.4 Å². The summed E-state index contributed by atoms with van der Waals surface area (Å²) in [5.74, 6) is 1.03. The van der Waals surface area contributed by atoms with Crippen LogP contribution in [0.3, 0.4) is 0 Å². The number of amides is 1. The first-order chi connectivity index (χ1) is 16.9. The summed E-state index contributed by atoms with van der Waals surface area (Å²) in [6, 6.07) is 1.68. The van der Waals surface area contributed by atoms with E-state index in [9.17, 15) is 4.79 Å². The van der Waals surface area contributed by atoms with Gasteiger partial charge in [0.25, 0.3) is 0 Å². The van der Waals surface area contributed by atoms with E-state index in [-0.39, 0.29) is 21.1 Å². The minimum Gasteiger partial charge on any atom is -0.444 e. The molecule has 0 atom stereocenters. The maximum atomic E-state index is 15.3. The second-order valence-corrected chi connectivity index (χ2v) is 11.6. The number of nitrogens with zero attached hydrogens (tertiary/aromatic N) is 5. The van der Waals surface area contributed by atoms with Crippen LogP contribution < -0.4 is 9.80 Å². The lowest BCUT2D eigenvalue weighted by molar-refractivity contribution is 0.0240. The zero-order valence-electron chi connectivity index (χ0n) is 21.9. The van der Waals surface area contributed by atoms with Gasteiger partial charge in [-0.1, -0.05) is 25.4 Å². The number of piperazine rings is 1. The molecule has 11 heteroatoms. The summed E-state index contributed by atoms with van der Waals surface area (Å²) in [6.07, 6.45) is 0.654. The summed E-state index contributed by atoms with van der Waals surface area (Å²) >= 11 is 9.52. The van der Waals surface area contributed by atoms with Crippen LogP contribution in [0.2, 0.25) is 5.02 Å². The molecule has 1 aliphatic rings. The number of halogens is 3. The molecule has 8 nitrogen and oxygen atoms in total. The standard InChI is InChI=1S/C25H36BrClFN5O3/c1-16(2)7-13-35-14-12-31(6)23-29-21-17(15-18(27)19(26)20(21)28)22(30-23)32-8-10-33(11-9-32)24(34)36-25(3,4)5/h15-16H,7-14H2,1-6H3. The average Bonchev–Trinajstić information content (AvgIpc) is 2.80. The van der Waals surface area contributed by atoms with E-state index in [1.165, 1.54) is 0 Å². The highest BCUT2D eigenvalue weighted by Gasteiger charge is 2.28. The Balaban J connectivity index is 1.83. The maximum absolute atomic E-state index is 15.3. The molecule has 0 N–H and O–H groups in total. The van der Waals surface area contributed by atoms with Gasteiger partial charge < -0.3 is 24.2 Å². The van der Waals surface area contributed by atoms with E-state index in [1.807, 2.05) is 37.6 Å². The van der Waals surface area contributed by atoms with Gasteiger partial charge in [0.15, 0.2) is 5.82 Å². The zero-order chi connectivity index (χ0) is 26.6. The molecule has 1 aromatic heterocycles. The predicted octanol–water partition coefficient (Wildman–Crippen LogP) is 5.74. The van der Waals surface area contributed by atoms with Gasteiger partial charge in [-0.15, -0.1) is 0 Å². The quantitative estimate of drug-likeness (QED) is 0.288. The molecule has 2 aromatic rings. The van der Waals surface area contributed by atoms with Crippen molar-refractivity contribution >= 4 is 56.3 Å². The van der Waals surface area contributed by atoms with Gasteiger partial charge in [0.1, 0.15) is 16.9 Å². The molecular weight excluding hydrogens is 553 g/mol. The fraction of sp³-hybridized carbons (Fsp3) is 0.640. The van der Waals surface area contributed by atoms with Crippen molar-refractivity contribution in [1.82, 2.24) is 14.9 Å². The third-order valence-electron chi connectivity index (χ3n) is 5.78. The number of hydrogen-bond acceptors (Lipinski definition) is 7. The first-order valence-corrected chi connectivity index (χ1v) is 13.4. The SMILES string of the molecule is CC(C)CCOCCN(C)c1nc(N2CCN(C(=O)OC(C)(C)C)CC2)c2cc(Cl)c(Br)c(F)c2n1. The van der Waals surface area contributed by atoms with Gasteiger partial charge in [-0.2, -0.15) is 4.98 Å². The first kappa shape index (κ1) is 28.7. The van der Waals surface area contributed by atoms with Crippen LogP contribution in [0, 0.1) is 11.7 Å². The number of benzene rings is 1. The highest BCUT2D eigenvalue weighted by atomic mass is 79.9. The molecule has 1 saturated heterocycles. The molecule has 36 heavy (non-hydrogen) atoms. The molecule has 0 unspecified atom stereocenters. The lowest BCUT2D eigenvalue weighted by Crippen LogP contribution is -2.50. The zero-order valence-corrected chi connectivity index (χ0v) is 24.2. The topological polar surface area (TPSA) is 71.0 Å². The van der Waals surface area contributed by atoms with E-state index in [0.717, 1.165) is 6.42 Å². The number of anilines is 2. The third kappa shape index (κ3) is 7.32. The van der Waals surface area contributed by atoms with E-state index in [2.05, 4.69) is 34.8 Å². The Morgan fingerprint density at radius 3 is 2.50 bits per heavy atom. The van der Waals surface area contributed by atoms with E-state index < -0.39 is 11.4 Å². The second-order valence-electron chi connectivity index (χ2n) is 10.4. The molecule has 3 rings (SSSR count). The Labute approximate surface area is 226 Å². The molecule has 0 bridgehead atoms. The summed E-state index contributed by atoms with van der Waals surface area (Å²) in [4.78, 5) is 27.4. The van der Waals surface area contributed by atoms with Gasteiger partial charge in [0.2, 0.25) is 5.95 Å². The van der Waals surface area contributed by atoms with Crippen LogP contribution >= 0.6 is 27.5 Å². The van der Waals surface area contributed by atoms with Crippen LogP contribution in [0.5, 0.6) is 0 Å². The molecular formula is C25H36BrClFN5O3. The van der Waals surface area contributed by atoms with E-state index in [0.29, 0.717) is 69.0 Å². The number of ether oxygens (including phenoxy) is 2. The largest absolute Gasteiger partial charge is 0.444 e. The van der Waals surface area contributed by atoms with Crippen molar-refractivity contribution < 1.29 is 18.7 Å². The molecule has 2 heterocycles. The average molecular weight is 589 g/mol. The van der Waals surface area contributed by atoms with Crippen LogP contribution in [0.4, 0.5) is 21.0 Å². The molecule has 1 amide bonds. The molecule has 0 radical (unpaired) electrons. The summed E-state index contributed by atoms with van der Waals surface area (Å²) in [5, 5.41) is 0.772. The van der Waals surface area contributed by atoms with E-state index in [1.54, 1.807) is 11.0 Å². The van der Waals surface area contributed by atoms with Crippen molar-refractivity contribution in [2.24, 2.45) is 5.92 Å². The first-order valence-electron chi connectivity index (χ1n) is 12.2. The fourth-order valence-electron chi connectivity index (χ4n) is 3.71. The lowest BCUT2D eigenvalue weighted by Gasteiger charge is -2.36. The molecule has 1 aliphatic heterocycles. The monoisotopic (exact) mass is 587 g/mol. The Kier molecular flexibility index (Phi) is 9.62. The number of fused-ring (bicyclic) bond motifs is 1. The van der Waals surface area contributed by atoms with Crippen molar-refractivity contribution in [2.75, 3.05) is 62.8 Å². The van der Waals surface area contributed by atoms with E-state index >= 15 is 4.39 Å². The smallest absolute Gasteiger partial charge is 0.410 e. The van der Waals surface area contributed by atoms with Gasteiger partial charge in [0.05, 0.1) is 16.1 Å². The van der Waals surface area contributed by atoms with Gasteiger partial charge in [-0.3, -0.25) is 0 Å². The molecule has 1 fully saturated rings. The number of carbonyl (C=O) groups excluding carboxylic acids is 1. The number of hydrogen-bond donors (Lipinski definition) is 0. The van der Waals surface area contributed by atoms with Gasteiger partial charge in [-0.25, -0.2) is 14.2 Å². The summed E-state index contributed by atoms with van der Waals surface area (Å²) in [5.41, 5.74) is -0.370. The lowest BCUT2D eigenvalue weighted by atomic mass is 10.1. The van der Waals surface area contributed by atoms with Crippen LogP contribution in [-0.4, -0.2) is 79.5 Å². The minimum atomic E-state index is -0.559. The molecule has 200 valence electrons. The van der Waals surface area contributed by atoms with E-state index in [4.69, 9.17) is 26.1 Å². The van der Waals surface area contributed by atoms with Crippen LogP contribution in [0.15, 0.2) is 10.5 Å². The van der Waals surface area contributed by atoms with Gasteiger partial charge in [-0.05, 0) is 55.1 Å². The van der Waals surface area contributed by atoms with Crippen LogP contribution in [0.25, 0.3) is 10.9 Å². The van der Waals surface area contributed by atoms with Crippen molar-refractivity contribution in [1.29, 1.82) is 0 Å². The summed E-state index contributed by atoms with van der Waals surface area (Å²) in [7, 11) is 1.86. The number of rotatable bonds is 8. The van der Waals surface area contributed by atoms with Crippen molar-refractivity contribution in [3.8, 4) is 0 Å². The second kappa shape index (κ2) is 12.1.